The molecule has 0 aliphatic carbocycles. The number of nitrogens with one attached hydrogen (secondary N) is 2. The maximum atomic E-state index is 12.0. The first-order valence-electron chi connectivity index (χ1n) is 9.08. The number of hydrogen-bond acceptors (Lipinski definition) is 4. The molecular weight excluding hydrogens is 430 g/mol. The minimum absolute atomic E-state index is 0.123. The lowest BCUT2D eigenvalue weighted by molar-refractivity contribution is -0.119. The zero-order valence-electron chi connectivity index (χ0n) is 15.4. The van der Waals surface area contributed by atoms with Crippen LogP contribution >= 0.6 is 15.9 Å². The van der Waals surface area contributed by atoms with Gasteiger partial charge in [0.05, 0.1) is 12.8 Å². The molecule has 0 aliphatic rings. The fraction of sp³-hybridized carbons (Fsp3) is 0.0435. The van der Waals surface area contributed by atoms with Gasteiger partial charge in [0.2, 0.25) is 0 Å². The lowest BCUT2D eigenvalue weighted by Gasteiger charge is -2.06. The third-order valence-electron chi connectivity index (χ3n) is 4.34. The van der Waals surface area contributed by atoms with Gasteiger partial charge in [0.1, 0.15) is 11.5 Å². The number of fused-ring (bicyclic) bond motifs is 1. The van der Waals surface area contributed by atoms with E-state index in [2.05, 4.69) is 37.8 Å². The zero-order chi connectivity index (χ0) is 20.1. The molecule has 1 heterocycles. The molecule has 144 valence electrons. The minimum Gasteiger partial charge on any atom is -0.455 e. The Morgan fingerprint density at radius 3 is 2.59 bits per heavy atom. The summed E-state index contributed by atoms with van der Waals surface area (Å²) >= 11 is 3.41. The summed E-state index contributed by atoms with van der Waals surface area (Å²) in [5.74, 6) is 1.06. The second kappa shape index (κ2) is 8.75. The van der Waals surface area contributed by atoms with Gasteiger partial charge in [0.15, 0.2) is 0 Å². The van der Waals surface area contributed by atoms with Crippen LogP contribution in [0.1, 0.15) is 5.76 Å². The van der Waals surface area contributed by atoms with Crippen LogP contribution in [0.5, 0.6) is 0 Å². The maximum absolute atomic E-state index is 12.0. The quantitative estimate of drug-likeness (QED) is 0.306. The average molecular weight is 448 g/mol. The smallest absolute Gasteiger partial charge is 0.259 e. The third kappa shape index (κ3) is 4.92. The molecule has 0 bridgehead atoms. The Balaban J connectivity index is 1.30. The number of hydrazone groups is 1. The molecule has 0 aliphatic heterocycles. The Morgan fingerprint density at radius 1 is 0.966 bits per heavy atom. The van der Waals surface area contributed by atoms with Crippen LogP contribution in [0.3, 0.4) is 0 Å². The molecule has 6 heteroatoms. The van der Waals surface area contributed by atoms with E-state index >= 15 is 0 Å². The van der Waals surface area contributed by atoms with Gasteiger partial charge in [-0.25, -0.2) is 5.43 Å². The molecule has 0 fully saturated rings. The van der Waals surface area contributed by atoms with E-state index < -0.39 is 0 Å². The number of carbonyl (C=O) groups is 1. The summed E-state index contributed by atoms with van der Waals surface area (Å²) in [5.41, 5.74) is 4.35. The van der Waals surface area contributed by atoms with Gasteiger partial charge >= 0.3 is 0 Å². The number of benzene rings is 3. The molecule has 3 aromatic carbocycles. The summed E-state index contributed by atoms with van der Waals surface area (Å²) < 4.78 is 6.74. The summed E-state index contributed by atoms with van der Waals surface area (Å²) in [7, 11) is 0. The molecule has 0 radical (unpaired) electrons. The van der Waals surface area contributed by atoms with Crippen LogP contribution in [0.2, 0.25) is 0 Å². The van der Waals surface area contributed by atoms with Crippen LogP contribution in [0.4, 0.5) is 5.69 Å². The summed E-state index contributed by atoms with van der Waals surface area (Å²) in [6.07, 6.45) is 1.48. The van der Waals surface area contributed by atoms with E-state index in [-0.39, 0.29) is 12.5 Å². The molecule has 2 N–H and O–H groups in total. The number of nitrogens with zero attached hydrogens (tertiary/aromatic N) is 1. The Labute approximate surface area is 176 Å². The lowest BCUT2D eigenvalue weighted by Crippen LogP contribution is -2.25. The molecule has 5 nitrogen and oxygen atoms in total. The maximum Gasteiger partial charge on any atom is 0.259 e. The van der Waals surface area contributed by atoms with Crippen molar-refractivity contribution in [1.29, 1.82) is 0 Å². The van der Waals surface area contributed by atoms with Crippen LogP contribution < -0.4 is 10.7 Å². The first kappa shape index (κ1) is 19.0. The van der Waals surface area contributed by atoms with E-state index in [4.69, 9.17) is 4.42 Å². The van der Waals surface area contributed by atoms with Gasteiger partial charge in [-0.2, -0.15) is 5.10 Å². The second-order valence-electron chi connectivity index (χ2n) is 6.42. The highest BCUT2D eigenvalue weighted by Crippen LogP contribution is 2.23. The van der Waals surface area contributed by atoms with Crippen LogP contribution in [0.15, 0.2) is 92.9 Å². The van der Waals surface area contributed by atoms with Gasteiger partial charge in [-0.1, -0.05) is 58.4 Å². The summed E-state index contributed by atoms with van der Waals surface area (Å²) in [4.78, 5) is 12.0. The molecule has 0 spiro atoms. The first-order chi connectivity index (χ1) is 14.2. The molecule has 29 heavy (non-hydrogen) atoms. The summed E-state index contributed by atoms with van der Waals surface area (Å²) in [5, 5.41) is 9.34. The molecule has 4 aromatic rings. The normalized spacial score (nSPS) is 11.1. The van der Waals surface area contributed by atoms with Crippen LogP contribution in [-0.2, 0) is 4.79 Å². The van der Waals surface area contributed by atoms with E-state index in [0.29, 0.717) is 5.76 Å². The standard InChI is InChI=1S/C23H18BrN3O2/c24-19-8-5-17(6-9-19)22-12-11-21(29-22)14-26-27-23(28)15-25-20-10-7-16-3-1-2-4-18(16)13-20/h1-14,25H,15H2,(H,27,28)/b26-14-. The second-order valence-corrected chi connectivity index (χ2v) is 7.33. The van der Waals surface area contributed by atoms with Crippen molar-refractivity contribution in [2.24, 2.45) is 5.10 Å². The van der Waals surface area contributed by atoms with Gasteiger partial charge in [-0.3, -0.25) is 4.79 Å². The zero-order valence-corrected chi connectivity index (χ0v) is 17.0. The van der Waals surface area contributed by atoms with Gasteiger partial charge in [-0.05, 0) is 47.2 Å². The van der Waals surface area contributed by atoms with Gasteiger partial charge in [0, 0.05) is 15.7 Å². The van der Waals surface area contributed by atoms with Gasteiger partial charge in [-0.15, -0.1) is 0 Å². The highest BCUT2D eigenvalue weighted by molar-refractivity contribution is 9.10. The van der Waals surface area contributed by atoms with Crippen molar-refractivity contribution in [3.05, 3.63) is 89.1 Å². The number of amides is 1. The van der Waals surface area contributed by atoms with Crippen molar-refractivity contribution in [2.45, 2.75) is 0 Å². The average Bonchev–Trinajstić information content (AvgIpc) is 3.21. The van der Waals surface area contributed by atoms with Crippen LogP contribution in [-0.4, -0.2) is 18.7 Å². The molecule has 0 unspecified atom stereocenters. The SMILES string of the molecule is O=C(CNc1ccc2ccccc2c1)N/N=C\c1ccc(-c2ccc(Br)cc2)o1. The lowest BCUT2D eigenvalue weighted by atomic mass is 10.1. The van der Waals surface area contributed by atoms with E-state index in [1.54, 1.807) is 6.07 Å². The summed E-state index contributed by atoms with van der Waals surface area (Å²) in [6.45, 7) is 0.123. The Hall–Kier alpha value is -3.38. The van der Waals surface area contributed by atoms with Crippen molar-refractivity contribution >= 4 is 44.5 Å². The summed E-state index contributed by atoms with van der Waals surface area (Å²) in [6, 6.07) is 25.6. The molecule has 0 atom stereocenters. The van der Waals surface area contributed by atoms with Crippen molar-refractivity contribution in [2.75, 3.05) is 11.9 Å². The molecule has 1 amide bonds. The number of anilines is 1. The molecular formula is C23H18BrN3O2. The van der Waals surface area contributed by atoms with E-state index in [9.17, 15) is 4.79 Å². The Morgan fingerprint density at radius 2 is 1.76 bits per heavy atom. The fourth-order valence-electron chi connectivity index (χ4n) is 2.88. The monoisotopic (exact) mass is 447 g/mol. The van der Waals surface area contributed by atoms with E-state index in [0.717, 1.165) is 32.3 Å². The van der Waals surface area contributed by atoms with Gasteiger partial charge in [0.25, 0.3) is 5.91 Å². The van der Waals surface area contributed by atoms with Gasteiger partial charge < -0.3 is 9.73 Å². The van der Waals surface area contributed by atoms with Crippen molar-refractivity contribution in [3.8, 4) is 11.3 Å². The number of carbonyl (C=O) groups excluding carboxylic acids is 1. The number of rotatable bonds is 6. The molecule has 4 rings (SSSR count). The minimum atomic E-state index is -0.242. The number of halogens is 1. The fourth-order valence-corrected chi connectivity index (χ4v) is 3.14. The van der Waals surface area contributed by atoms with Crippen LogP contribution in [0, 0.1) is 0 Å². The highest BCUT2D eigenvalue weighted by Gasteiger charge is 2.04. The predicted octanol–water partition coefficient (Wildman–Crippen LogP) is 5.42. The van der Waals surface area contributed by atoms with E-state index in [1.165, 1.54) is 6.21 Å². The van der Waals surface area contributed by atoms with Crippen molar-refractivity contribution < 1.29 is 9.21 Å². The first-order valence-corrected chi connectivity index (χ1v) is 9.87. The largest absolute Gasteiger partial charge is 0.455 e. The van der Waals surface area contributed by atoms with Crippen molar-refractivity contribution in [3.63, 3.8) is 0 Å². The van der Waals surface area contributed by atoms with Crippen molar-refractivity contribution in [1.82, 2.24) is 5.43 Å². The molecule has 0 saturated heterocycles. The Kier molecular flexibility index (Phi) is 5.72. The van der Waals surface area contributed by atoms with Crippen LogP contribution in [0.25, 0.3) is 22.1 Å². The number of hydrogen-bond donors (Lipinski definition) is 2. The topological polar surface area (TPSA) is 66.6 Å². The Bertz CT molecular complexity index is 1170. The predicted molar refractivity (Wildman–Crippen MR) is 120 cm³/mol. The molecule has 0 saturated carbocycles. The molecule has 1 aromatic heterocycles. The third-order valence-corrected chi connectivity index (χ3v) is 4.87. The number of furan rings is 1. The highest BCUT2D eigenvalue weighted by atomic mass is 79.9. The van der Waals surface area contributed by atoms with E-state index in [1.807, 2.05) is 66.7 Å².